The summed E-state index contributed by atoms with van der Waals surface area (Å²) in [5.74, 6) is 0.0369. The Hall–Kier alpha value is -1.38. The predicted octanol–water partition coefficient (Wildman–Crippen LogP) is 2.05. The zero-order valence-electron chi connectivity index (χ0n) is 8.88. The van der Waals surface area contributed by atoms with Gasteiger partial charge in [-0.15, -0.1) is 0 Å². The van der Waals surface area contributed by atoms with Crippen molar-refractivity contribution in [3.8, 4) is 0 Å². The molecule has 0 saturated heterocycles. The molecule has 3 atom stereocenters. The Labute approximate surface area is 94.5 Å². The molecule has 1 aromatic carbocycles. The van der Waals surface area contributed by atoms with Crippen LogP contribution in [-0.4, -0.2) is 16.3 Å². The summed E-state index contributed by atoms with van der Waals surface area (Å²) in [7, 11) is 0. The highest BCUT2D eigenvalue weighted by Gasteiger charge is 2.37. The number of aliphatic hydroxyl groups excluding tert-OH is 2. The second-order valence-corrected chi connectivity index (χ2v) is 4.42. The Morgan fingerprint density at radius 2 is 1.94 bits per heavy atom. The van der Waals surface area contributed by atoms with E-state index in [2.05, 4.69) is 0 Å². The van der Waals surface area contributed by atoms with Crippen molar-refractivity contribution in [1.29, 1.82) is 0 Å². The van der Waals surface area contributed by atoms with E-state index < -0.39 is 12.2 Å². The molecule has 0 amide bonds. The molecule has 3 rings (SSSR count). The van der Waals surface area contributed by atoms with Crippen molar-refractivity contribution in [2.45, 2.75) is 18.6 Å². The molecule has 0 bridgehead atoms. The van der Waals surface area contributed by atoms with Crippen molar-refractivity contribution in [1.82, 2.24) is 0 Å². The first-order chi connectivity index (χ1) is 7.79. The number of rotatable bonds is 0. The molecule has 2 aliphatic rings. The summed E-state index contributed by atoms with van der Waals surface area (Å²) < 4.78 is 0. The van der Waals surface area contributed by atoms with Crippen molar-refractivity contribution in [3.63, 3.8) is 0 Å². The van der Waals surface area contributed by atoms with E-state index in [1.54, 1.807) is 0 Å². The quantitative estimate of drug-likeness (QED) is 0.694. The molecule has 2 N–H and O–H groups in total. The van der Waals surface area contributed by atoms with Crippen molar-refractivity contribution in [3.05, 3.63) is 53.6 Å². The van der Waals surface area contributed by atoms with Crippen molar-refractivity contribution < 1.29 is 10.2 Å². The molecule has 82 valence electrons. The van der Waals surface area contributed by atoms with Gasteiger partial charge in [-0.05, 0) is 23.1 Å². The molecule has 0 spiro atoms. The lowest BCUT2D eigenvalue weighted by atomic mass is 9.73. The fourth-order valence-electron chi connectivity index (χ4n) is 2.68. The Morgan fingerprint density at radius 1 is 1.12 bits per heavy atom. The molecule has 2 heteroatoms. The van der Waals surface area contributed by atoms with E-state index >= 15 is 0 Å². The van der Waals surface area contributed by atoms with E-state index in [0.717, 1.165) is 23.1 Å². The highest BCUT2D eigenvalue weighted by Crippen LogP contribution is 2.43. The minimum atomic E-state index is -0.759. The summed E-state index contributed by atoms with van der Waals surface area (Å²) in [6.07, 6.45) is 5.46. The van der Waals surface area contributed by atoms with E-state index in [0.29, 0.717) is 0 Å². The summed E-state index contributed by atoms with van der Waals surface area (Å²) in [6.45, 7) is 0. The second kappa shape index (κ2) is 3.58. The highest BCUT2D eigenvalue weighted by molar-refractivity contribution is 5.75. The minimum Gasteiger partial charge on any atom is -0.389 e. The molecule has 1 aromatic rings. The molecule has 2 aliphatic carbocycles. The zero-order chi connectivity index (χ0) is 11.1. The maximum Gasteiger partial charge on any atom is 0.106 e. The first-order valence-corrected chi connectivity index (χ1v) is 5.61. The Bertz CT molecular complexity index is 473. The van der Waals surface area contributed by atoms with Gasteiger partial charge in [-0.2, -0.15) is 0 Å². The van der Waals surface area contributed by atoms with Crippen LogP contribution in [0, 0.1) is 5.92 Å². The average Bonchev–Trinajstić information content (AvgIpc) is 2.36. The van der Waals surface area contributed by atoms with Gasteiger partial charge in [-0.25, -0.2) is 0 Å². The maximum atomic E-state index is 10.1. The van der Waals surface area contributed by atoms with Gasteiger partial charge in [0.2, 0.25) is 0 Å². The van der Waals surface area contributed by atoms with Crippen molar-refractivity contribution in [2.24, 2.45) is 5.92 Å². The van der Waals surface area contributed by atoms with E-state index in [1.807, 2.05) is 42.5 Å². The van der Waals surface area contributed by atoms with Crippen LogP contribution in [0.1, 0.15) is 23.7 Å². The van der Waals surface area contributed by atoms with Gasteiger partial charge in [0, 0.05) is 5.92 Å². The van der Waals surface area contributed by atoms with Gasteiger partial charge in [0.25, 0.3) is 0 Å². The summed E-state index contributed by atoms with van der Waals surface area (Å²) in [4.78, 5) is 0. The molecule has 0 fully saturated rings. The van der Waals surface area contributed by atoms with Gasteiger partial charge in [0.1, 0.15) is 6.10 Å². The van der Waals surface area contributed by atoms with Crippen LogP contribution in [0.2, 0.25) is 0 Å². The minimum absolute atomic E-state index is 0.0369. The van der Waals surface area contributed by atoms with Gasteiger partial charge in [0.15, 0.2) is 0 Å². The van der Waals surface area contributed by atoms with Crippen LogP contribution in [0.25, 0.3) is 5.57 Å². The summed E-state index contributed by atoms with van der Waals surface area (Å²) in [5.41, 5.74) is 3.07. The SMILES string of the molecule is OC1c2ccccc2C2=CC=CCC2C1O. The summed E-state index contributed by atoms with van der Waals surface area (Å²) in [6, 6.07) is 7.77. The normalized spacial score (nSPS) is 31.6. The van der Waals surface area contributed by atoms with Crippen LogP contribution in [0.5, 0.6) is 0 Å². The second-order valence-electron chi connectivity index (χ2n) is 4.42. The Balaban J connectivity index is 2.20. The molecular formula is C14H14O2. The topological polar surface area (TPSA) is 40.5 Å². The largest absolute Gasteiger partial charge is 0.389 e. The number of allylic oxidation sites excluding steroid dienone is 3. The fourth-order valence-corrected chi connectivity index (χ4v) is 2.68. The van der Waals surface area contributed by atoms with Crippen LogP contribution in [0.4, 0.5) is 0 Å². The number of benzene rings is 1. The predicted molar refractivity (Wildman–Crippen MR) is 62.6 cm³/mol. The molecule has 2 nitrogen and oxygen atoms in total. The molecule has 0 saturated carbocycles. The lowest BCUT2D eigenvalue weighted by molar-refractivity contribution is -0.00843. The van der Waals surface area contributed by atoms with Crippen molar-refractivity contribution >= 4 is 5.57 Å². The van der Waals surface area contributed by atoms with Crippen molar-refractivity contribution in [2.75, 3.05) is 0 Å². The van der Waals surface area contributed by atoms with E-state index in [-0.39, 0.29) is 5.92 Å². The highest BCUT2D eigenvalue weighted by atomic mass is 16.3. The molecule has 0 aliphatic heterocycles. The van der Waals surface area contributed by atoms with Crippen LogP contribution in [0.15, 0.2) is 42.5 Å². The van der Waals surface area contributed by atoms with Crippen LogP contribution < -0.4 is 0 Å². The van der Waals surface area contributed by atoms with E-state index in [1.165, 1.54) is 0 Å². The monoisotopic (exact) mass is 214 g/mol. The van der Waals surface area contributed by atoms with Gasteiger partial charge in [-0.3, -0.25) is 0 Å². The standard InChI is InChI=1S/C14H14O2/c15-13-11-7-3-1-5-9(11)10-6-2-4-8-12(10)14(13)16/h1-7,12-16H,8H2. The van der Waals surface area contributed by atoms with Gasteiger partial charge in [0.05, 0.1) is 6.10 Å². The molecular weight excluding hydrogens is 200 g/mol. The van der Waals surface area contributed by atoms with Crippen LogP contribution in [-0.2, 0) is 0 Å². The smallest absolute Gasteiger partial charge is 0.106 e. The third-order valence-electron chi connectivity index (χ3n) is 3.53. The summed E-state index contributed by atoms with van der Waals surface area (Å²) in [5, 5.41) is 20.2. The van der Waals surface area contributed by atoms with E-state index in [4.69, 9.17) is 0 Å². The lowest BCUT2D eigenvalue weighted by Crippen LogP contribution is -2.33. The van der Waals surface area contributed by atoms with Gasteiger partial charge < -0.3 is 10.2 Å². The Morgan fingerprint density at radius 3 is 2.81 bits per heavy atom. The number of hydrogen-bond donors (Lipinski definition) is 2. The van der Waals surface area contributed by atoms with Gasteiger partial charge >= 0.3 is 0 Å². The Kier molecular flexibility index (Phi) is 2.20. The fraction of sp³-hybridized carbons (Fsp3) is 0.286. The molecule has 0 radical (unpaired) electrons. The maximum absolute atomic E-state index is 10.1. The third kappa shape index (κ3) is 1.27. The lowest BCUT2D eigenvalue weighted by Gasteiger charge is -2.36. The van der Waals surface area contributed by atoms with Crippen LogP contribution in [0.3, 0.4) is 0 Å². The number of hydrogen-bond acceptors (Lipinski definition) is 2. The first kappa shape index (κ1) is 9.82. The number of fused-ring (bicyclic) bond motifs is 3. The molecule has 16 heavy (non-hydrogen) atoms. The first-order valence-electron chi connectivity index (χ1n) is 5.61. The molecule has 0 heterocycles. The number of aliphatic hydroxyl groups is 2. The van der Waals surface area contributed by atoms with Gasteiger partial charge in [-0.1, -0.05) is 42.5 Å². The average molecular weight is 214 g/mol. The van der Waals surface area contributed by atoms with Crippen LogP contribution >= 0.6 is 0 Å². The zero-order valence-corrected chi connectivity index (χ0v) is 8.88. The van der Waals surface area contributed by atoms with E-state index in [9.17, 15) is 10.2 Å². The third-order valence-corrected chi connectivity index (χ3v) is 3.53. The molecule has 3 unspecified atom stereocenters. The molecule has 0 aromatic heterocycles. The summed E-state index contributed by atoms with van der Waals surface area (Å²) >= 11 is 0.